The van der Waals surface area contributed by atoms with Gasteiger partial charge in [-0.25, -0.2) is 4.79 Å². The van der Waals surface area contributed by atoms with Gasteiger partial charge in [0.15, 0.2) is 24.4 Å². The Kier molecular flexibility index (Phi) is 12.9. The van der Waals surface area contributed by atoms with Crippen LogP contribution in [0.2, 0.25) is 0 Å². The number of allylic oxidation sites excluding steroid dienone is 2. The number of rotatable bonds is 12. The van der Waals surface area contributed by atoms with Crippen LogP contribution < -0.4 is 0 Å². The van der Waals surface area contributed by atoms with Crippen molar-refractivity contribution in [3.8, 4) is 0 Å². The van der Waals surface area contributed by atoms with E-state index >= 15 is 0 Å². The molecule has 5 fully saturated rings. The van der Waals surface area contributed by atoms with E-state index in [9.17, 15) is 55.2 Å². The zero-order valence-corrected chi connectivity index (χ0v) is 33.4. The Morgan fingerprint density at radius 1 is 0.875 bits per heavy atom. The van der Waals surface area contributed by atoms with Crippen molar-refractivity contribution in [1.82, 2.24) is 0 Å². The number of aliphatic carboxylic acids is 1. The summed E-state index contributed by atoms with van der Waals surface area (Å²) in [6.45, 7) is 11.7. The Bertz CT molecular complexity index is 1500. The third-order valence-electron chi connectivity index (χ3n) is 15.1. The first-order valence-electron chi connectivity index (χ1n) is 20.7. The van der Waals surface area contributed by atoms with Crippen LogP contribution in [0.3, 0.4) is 0 Å². The number of carbonyl (C=O) groups is 3. The molecule has 2 saturated heterocycles. The van der Waals surface area contributed by atoms with Crippen molar-refractivity contribution < 1.29 is 74.2 Å². The number of ether oxygens (including phenoxy) is 4. The molecule has 2 heterocycles. The quantitative estimate of drug-likeness (QED) is 0.132. The first-order valence-corrected chi connectivity index (χ1v) is 20.7. The van der Waals surface area contributed by atoms with Gasteiger partial charge in [-0.15, -0.1) is 0 Å². The van der Waals surface area contributed by atoms with E-state index in [1.54, 1.807) is 0 Å². The van der Waals surface area contributed by atoms with E-state index in [-0.39, 0.29) is 64.2 Å². The third kappa shape index (κ3) is 7.41. The zero-order valence-electron chi connectivity index (χ0n) is 33.4. The van der Waals surface area contributed by atoms with Crippen LogP contribution in [0.15, 0.2) is 11.3 Å². The standard InChI is InChI=1S/C41H64O15/c1-7-21(17(2)3)24(43)14-18(4)26-29(45)30(46)27-22-9-8-19-15-20(10-12-40(19,5)23(22)11-13-41(26,27)6)53-39-36(33(49)32(48)35(55-39)37(51)52)56-38-34(50)31(47)28(44)25(16-42)54-38/h17-23,25,27-28,31-36,38-39,42,44-45,47-50H,7-16H2,1-6H3,(H,51,52)/t18-,19+,20+,21-,22-,23+,25-,27+,28-,31+,32+,33+,34-,35+,36-,38+,39-,40+,41-/m1/s1. The van der Waals surface area contributed by atoms with Crippen LogP contribution >= 0.6 is 0 Å². The zero-order chi connectivity index (χ0) is 41.2. The summed E-state index contributed by atoms with van der Waals surface area (Å²) < 4.78 is 23.4. The highest BCUT2D eigenvalue weighted by Gasteiger charge is 2.64. The number of carbonyl (C=O) groups excluding carboxylic acids is 2. The van der Waals surface area contributed by atoms with Crippen LogP contribution in [-0.4, -0.2) is 133 Å². The van der Waals surface area contributed by atoms with E-state index in [1.165, 1.54) is 0 Å². The van der Waals surface area contributed by atoms with Crippen LogP contribution in [0, 0.1) is 52.3 Å². The first-order chi connectivity index (χ1) is 26.3. The van der Waals surface area contributed by atoms with E-state index in [4.69, 9.17) is 18.9 Å². The molecule has 15 nitrogen and oxygen atoms in total. The van der Waals surface area contributed by atoms with Gasteiger partial charge in [-0.1, -0.05) is 41.5 Å². The van der Waals surface area contributed by atoms with Gasteiger partial charge in [-0.2, -0.15) is 0 Å². The topological polar surface area (TPSA) is 250 Å². The second kappa shape index (κ2) is 16.5. The van der Waals surface area contributed by atoms with Gasteiger partial charge >= 0.3 is 5.97 Å². The Hall–Kier alpha value is -2.05. The van der Waals surface area contributed by atoms with Gasteiger partial charge in [0.2, 0.25) is 5.78 Å². The van der Waals surface area contributed by atoms with Gasteiger partial charge < -0.3 is 59.8 Å². The molecule has 2 aliphatic heterocycles. The Labute approximate surface area is 328 Å². The summed E-state index contributed by atoms with van der Waals surface area (Å²) in [5.41, 5.74) is 0.0302. The monoisotopic (exact) mass is 796 g/mol. The fourth-order valence-corrected chi connectivity index (χ4v) is 12.1. The van der Waals surface area contributed by atoms with Crippen molar-refractivity contribution in [2.75, 3.05) is 6.61 Å². The van der Waals surface area contributed by atoms with Gasteiger partial charge in [-0.3, -0.25) is 9.59 Å². The van der Waals surface area contributed by atoms with Crippen molar-refractivity contribution in [3.63, 3.8) is 0 Å². The Balaban J connectivity index is 1.16. The second-order valence-electron chi connectivity index (χ2n) is 18.5. The minimum Gasteiger partial charge on any atom is -0.504 e. The minimum atomic E-state index is -1.95. The number of aliphatic hydroxyl groups is 7. The smallest absolute Gasteiger partial charge is 0.335 e. The predicted molar refractivity (Wildman–Crippen MR) is 196 cm³/mol. The molecule has 8 N–H and O–H groups in total. The molecule has 19 atom stereocenters. The predicted octanol–water partition coefficient (Wildman–Crippen LogP) is 2.01. The number of carboxylic acids is 1. The molecule has 0 unspecified atom stereocenters. The number of carboxylic acid groups (broad SMARTS) is 1. The van der Waals surface area contributed by atoms with Gasteiger partial charge in [-0.05, 0) is 91.9 Å². The van der Waals surface area contributed by atoms with Gasteiger partial charge in [0.1, 0.15) is 48.5 Å². The van der Waals surface area contributed by atoms with E-state index in [2.05, 4.69) is 27.7 Å². The van der Waals surface area contributed by atoms with Crippen LogP contribution in [0.1, 0.15) is 99.3 Å². The van der Waals surface area contributed by atoms with Crippen LogP contribution in [0.4, 0.5) is 0 Å². The maximum Gasteiger partial charge on any atom is 0.335 e. The van der Waals surface area contributed by atoms with Crippen molar-refractivity contribution in [2.24, 2.45) is 52.3 Å². The SMILES string of the molecule is CC[C@@H](C(=O)C[C@@H](C)C1=C(O)C(=O)[C@@H]2[C@@H]3CC[C@H]4C[C@@H](O[C@@H]5O[C@H](C(=O)O)[C@@H](O)[C@H](O)[C@H]5O[C@@H]5O[C@H](CO)[C@@H](O)[C@H](O)[C@H]5O)CC[C@]4(C)[C@H]3CC[C@]12C)C(C)C. The van der Waals surface area contributed by atoms with Gasteiger partial charge in [0.05, 0.1) is 12.7 Å². The summed E-state index contributed by atoms with van der Waals surface area (Å²) >= 11 is 0. The third-order valence-corrected chi connectivity index (χ3v) is 15.1. The number of fused-ring (bicyclic) bond motifs is 5. The molecule has 318 valence electrons. The summed E-state index contributed by atoms with van der Waals surface area (Å²) in [5.74, 6) is -1.80. The molecule has 56 heavy (non-hydrogen) atoms. The minimum absolute atomic E-state index is 0.0486. The molecule has 6 aliphatic rings. The maximum atomic E-state index is 14.0. The molecular weight excluding hydrogens is 732 g/mol. The van der Waals surface area contributed by atoms with Crippen molar-refractivity contribution in [3.05, 3.63) is 11.3 Å². The molecule has 0 bridgehead atoms. The molecule has 3 saturated carbocycles. The summed E-state index contributed by atoms with van der Waals surface area (Å²) in [6, 6.07) is 0. The lowest BCUT2D eigenvalue weighted by molar-refractivity contribution is -0.369. The lowest BCUT2D eigenvalue weighted by atomic mass is 9.44. The number of ketones is 2. The first kappa shape index (κ1) is 43.5. The molecule has 0 spiro atoms. The fourth-order valence-electron chi connectivity index (χ4n) is 12.1. The van der Waals surface area contributed by atoms with Crippen molar-refractivity contribution in [1.29, 1.82) is 0 Å². The van der Waals surface area contributed by atoms with E-state index < -0.39 is 85.5 Å². The second-order valence-corrected chi connectivity index (χ2v) is 18.5. The normalized spacial score (nSPS) is 46.5. The number of hydrogen-bond donors (Lipinski definition) is 8. The molecule has 0 amide bonds. The van der Waals surface area contributed by atoms with Crippen molar-refractivity contribution >= 4 is 17.5 Å². The van der Waals surface area contributed by atoms with E-state index in [0.29, 0.717) is 25.7 Å². The average molecular weight is 797 g/mol. The lowest BCUT2D eigenvalue weighted by Crippen LogP contribution is -2.65. The van der Waals surface area contributed by atoms with Crippen molar-refractivity contribution in [2.45, 2.75) is 167 Å². The molecule has 4 aliphatic carbocycles. The fraction of sp³-hybridized carbons (Fsp3) is 0.878. The molecule has 0 radical (unpaired) electrons. The Morgan fingerprint density at radius 3 is 2.20 bits per heavy atom. The molecule has 0 aromatic rings. The highest BCUT2D eigenvalue weighted by atomic mass is 16.8. The summed E-state index contributed by atoms with van der Waals surface area (Å²) in [5, 5.41) is 83.8. The Morgan fingerprint density at radius 2 is 1.57 bits per heavy atom. The average Bonchev–Trinajstić information content (AvgIpc) is 3.35. The lowest BCUT2D eigenvalue weighted by Gasteiger charge is -2.60. The highest BCUT2D eigenvalue weighted by molar-refractivity contribution is 6.00. The van der Waals surface area contributed by atoms with Crippen LogP contribution in [-0.2, 0) is 33.3 Å². The highest BCUT2D eigenvalue weighted by Crippen LogP contribution is 2.67. The van der Waals surface area contributed by atoms with Gasteiger partial charge in [0, 0.05) is 23.7 Å². The summed E-state index contributed by atoms with van der Waals surface area (Å²) in [4.78, 5) is 39.4. The summed E-state index contributed by atoms with van der Waals surface area (Å²) in [7, 11) is 0. The number of aliphatic hydroxyl groups excluding tert-OH is 7. The van der Waals surface area contributed by atoms with Gasteiger partial charge in [0.25, 0.3) is 0 Å². The van der Waals surface area contributed by atoms with Crippen LogP contribution in [0.5, 0.6) is 0 Å². The molecule has 6 rings (SSSR count). The molecular formula is C41H64O15. The van der Waals surface area contributed by atoms with Crippen LogP contribution in [0.25, 0.3) is 0 Å². The number of hydrogen-bond acceptors (Lipinski definition) is 14. The maximum absolute atomic E-state index is 14.0. The molecule has 0 aromatic heterocycles. The largest absolute Gasteiger partial charge is 0.504 e. The number of Topliss-reactive ketones (excluding diaryl/α,β-unsaturated/α-hetero) is 2. The summed E-state index contributed by atoms with van der Waals surface area (Å²) in [6.07, 6.45) is -11.7. The molecule has 15 heteroatoms. The van der Waals surface area contributed by atoms with E-state index in [1.807, 2.05) is 13.8 Å². The molecule has 0 aromatic carbocycles. The van der Waals surface area contributed by atoms with E-state index in [0.717, 1.165) is 37.7 Å².